The van der Waals surface area contributed by atoms with Gasteiger partial charge in [0.25, 0.3) is 11.5 Å². The van der Waals surface area contributed by atoms with Crippen LogP contribution in [0.4, 0.5) is 15.9 Å². The van der Waals surface area contributed by atoms with Crippen LogP contribution in [0.15, 0.2) is 39.9 Å². The van der Waals surface area contributed by atoms with Crippen LogP contribution in [0.5, 0.6) is 0 Å². The number of H-pyrrole nitrogens is 1. The lowest BCUT2D eigenvalue weighted by Gasteiger charge is -2.29. The Morgan fingerprint density at radius 2 is 1.93 bits per heavy atom. The van der Waals surface area contributed by atoms with Crippen molar-refractivity contribution in [2.75, 3.05) is 10.6 Å². The molecule has 1 amide bonds. The van der Waals surface area contributed by atoms with Crippen molar-refractivity contribution in [3.63, 3.8) is 0 Å². The van der Waals surface area contributed by atoms with Gasteiger partial charge in [-0.15, -0.1) is 0 Å². The van der Waals surface area contributed by atoms with Crippen molar-refractivity contribution in [1.82, 2.24) is 9.55 Å². The molecule has 1 aromatic heterocycles. The number of anilines is 2. The number of nitrogens with zero attached hydrogens (tertiary/aromatic N) is 2. The summed E-state index contributed by atoms with van der Waals surface area (Å²) in [6.07, 6.45) is 7.90. The van der Waals surface area contributed by atoms with Crippen molar-refractivity contribution < 1.29 is 9.18 Å². The van der Waals surface area contributed by atoms with Crippen molar-refractivity contribution in [2.24, 2.45) is 0 Å². The van der Waals surface area contributed by atoms with Crippen LogP contribution in [0.2, 0.25) is 0 Å². The first-order valence-electron chi connectivity index (χ1n) is 10.3. The number of amides is 1. The number of nitrogen functional groups attached to an aromatic ring is 1. The van der Waals surface area contributed by atoms with Gasteiger partial charge in [0, 0.05) is 18.7 Å². The molecular weight excluding hydrogens is 387 g/mol. The summed E-state index contributed by atoms with van der Waals surface area (Å²) < 4.78 is 14.4. The van der Waals surface area contributed by atoms with Crippen LogP contribution in [-0.2, 0) is 11.3 Å². The van der Waals surface area contributed by atoms with Gasteiger partial charge < -0.3 is 5.73 Å². The lowest BCUT2D eigenvalue weighted by Crippen LogP contribution is -2.45. The Hall–Kier alpha value is -3.16. The molecule has 7 nitrogen and oxygen atoms in total. The molecule has 0 atom stereocenters. The Bertz CT molecular complexity index is 1030. The fraction of sp³-hybridized carbons (Fsp3) is 0.409. The third kappa shape index (κ3) is 4.69. The number of nitrogens with two attached hydrogens (primary N) is 1. The number of carbonyl (C=O) groups excluding carboxylic acids is 1. The van der Waals surface area contributed by atoms with E-state index in [-0.39, 0.29) is 23.4 Å². The molecule has 1 aromatic carbocycles. The van der Waals surface area contributed by atoms with E-state index in [0.29, 0.717) is 12.1 Å². The first-order valence-corrected chi connectivity index (χ1v) is 10.3. The highest BCUT2D eigenvalue weighted by Crippen LogP contribution is 2.29. The maximum Gasteiger partial charge on any atom is 0.330 e. The van der Waals surface area contributed by atoms with Gasteiger partial charge in [0.1, 0.15) is 11.6 Å². The molecule has 0 spiro atoms. The van der Waals surface area contributed by atoms with E-state index >= 15 is 0 Å². The maximum absolute atomic E-state index is 13.2. The zero-order chi connectivity index (χ0) is 21.7. The SMILES string of the molecule is CCCCn1c(N)c(N(C(=O)/C=C/c2ccc(F)cc2)C2CCCC2)c(=O)[nH]c1=O. The molecule has 0 unspecified atom stereocenters. The van der Waals surface area contributed by atoms with E-state index in [4.69, 9.17) is 5.73 Å². The molecule has 1 aliphatic carbocycles. The summed E-state index contributed by atoms with van der Waals surface area (Å²) in [4.78, 5) is 41.8. The minimum absolute atomic E-state index is 0.00707. The smallest absolute Gasteiger partial charge is 0.330 e. The van der Waals surface area contributed by atoms with Crippen LogP contribution in [0.25, 0.3) is 6.08 Å². The zero-order valence-corrected chi connectivity index (χ0v) is 17.1. The van der Waals surface area contributed by atoms with Crippen molar-refractivity contribution in [3.8, 4) is 0 Å². The van der Waals surface area contributed by atoms with Gasteiger partial charge in [-0.3, -0.25) is 24.0 Å². The van der Waals surface area contributed by atoms with Gasteiger partial charge >= 0.3 is 5.69 Å². The zero-order valence-electron chi connectivity index (χ0n) is 17.1. The van der Waals surface area contributed by atoms with Gasteiger partial charge in [-0.25, -0.2) is 9.18 Å². The lowest BCUT2D eigenvalue weighted by molar-refractivity contribution is -0.114. The van der Waals surface area contributed by atoms with Crippen LogP contribution in [0, 0.1) is 5.82 Å². The van der Waals surface area contributed by atoms with Gasteiger partial charge in [0.2, 0.25) is 0 Å². The third-order valence-corrected chi connectivity index (χ3v) is 5.41. The summed E-state index contributed by atoms with van der Waals surface area (Å²) in [5.74, 6) is -0.753. The highest BCUT2D eigenvalue weighted by atomic mass is 19.1. The fourth-order valence-electron chi connectivity index (χ4n) is 3.81. The van der Waals surface area contributed by atoms with Crippen molar-refractivity contribution >= 4 is 23.5 Å². The number of halogens is 1. The quantitative estimate of drug-likeness (QED) is 0.680. The molecule has 1 heterocycles. The molecule has 0 radical (unpaired) electrons. The Kier molecular flexibility index (Phi) is 6.87. The summed E-state index contributed by atoms with van der Waals surface area (Å²) in [7, 11) is 0. The van der Waals surface area contributed by atoms with E-state index in [2.05, 4.69) is 4.98 Å². The van der Waals surface area contributed by atoms with E-state index < -0.39 is 17.2 Å². The molecule has 1 fully saturated rings. The molecule has 0 bridgehead atoms. The average molecular weight is 414 g/mol. The number of rotatable bonds is 7. The maximum atomic E-state index is 13.2. The predicted molar refractivity (Wildman–Crippen MR) is 116 cm³/mol. The van der Waals surface area contributed by atoms with Crippen LogP contribution in [0.3, 0.4) is 0 Å². The molecule has 0 saturated heterocycles. The van der Waals surface area contributed by atoms with Crippen LogP contribution in [-0.4, -0.2) is 21.5 Å². The van der Waals surface area contributed by atoms with E-state index in [1.807, 2.05) is 6.92 Å². The largest absolute Gasteiger partial charge is 0.383 e. The Labute approximate surface area is 174 Å². The Morgan fingerprint density at radius 1 is 1.27 bits per heavy atom. The summed E-state index contributed by atoms with van der Waals surface area (Å²) in [5, 5.41) is 0. The van der Waals surface area contributed by atoms with E-state index in [1.165, 1.54) is 27.7 Å². The molecule has 1 saturated carbocycles. The summed E-state index contributed by atoms with van der Waals surface area (Å²) in [6.45, 7) is 2.35. The lowest BCUT2D eigenvalue weighted by atomic mass is 10.1. The summed E-state index contributed by atoms with van der Waals surface area (Å²) >= 11 is 0. The van der Waals surface area contributed by atoms with Crippen molar-refractivity contribution in [1.29, 1.82) is 0 Å². The molecule has 160 valence electrons. The number of aromatic amines is 1. The molecule has 8 heteroatoms. The molecule has 2 aromatic rings. The number of nitrogens with one attached hydrogen (secondary N) is 1. The number of benzene rings is 1. The van der Waals surface area contributed by atoms with Gasteiger partial charge in [-0.2, -0.15) is 0 Å². The van der Waals surface area contributed by atoms with Crippen molar-refractivity contribution in [3.05, 3.63) is 62.6 Å². The molecule has 3 rings (SSSR count). The monoisotopic (exact) mass is 414 g/mol. The number of hydrogen-bond donors (Lipinski definition) is 2. The summed E-state index contributed by atoms with van der Waals surface area (Å²) in [5.41, 5.74) is 5.68. The Balaban J connectivity index is 2.02. The van der Waals surface area contributed by atoms with Gasteiger partial charge in [0.15, 0.2) is 5.69 Å². The molecule has 3 N–H and O–H groups in total. The van der Waals surface area contributed by atoms with Gasteiger partial charge in [-0.05, 0) is 43.0 Å². The molecule has 0 aliphatic heterocycles. The number of hydrogen-bond acceptors (Lipinski definition) is 4. The minimum Gasteiger partial charge on any atom is -0.383 e. The highest BCUT2D eigenvalue weighted by Gasteiger charge is 2.31. The van der Waals surface area contributed by atoms with E-state index in [9.17, 15) is 18.8 Å². The van der Waals surface area contributed by atoms with Crippen LogP contribution >= 0.6 is 0 Å². The highest BCUT2D eigenvalue weighted by molar-refractivity contribution is 6.05. The number of carbonyl (C=O) groups is 1. The molecular formula is C22H27FN4O3. The standard InChI is InChI=1S/C22H27FN4O3/c1-2-3-14-26-20(24)19(21(29)25-22(26)30)27(17-6-4-5-7-17)18(28)13-10-15-8-11-16(23)12-9-15/h8-13,17H,2-7,14,24H2,1H3,(H,25,29,30)/b13-10+. The van der Waals surface area contributed by atoms with E-state index in [1.54, 1.807) is 18.2 Å². The second kappa shape index (κ2) is 9.56. The number of unbranched alkanes of at least 4 members (excludes halogenated alkanes) is 1. The van der Waals surface area contributed by atoms with Crippen LogP contribution in [0.1, 0.15) is 51.0 Å². The topological polar surface area (TPSA) is 101 Å². The van der Waals surface area contributed by atoms with Gasteiger partial charge in [-0.1, -0.05) is 38.3 Å². The normalized spacial score (nSPS) is 14.5. The average Bonchev–Trinajstić information content (AvgIpc) is 3.24. The predicted octanol–water partition coefficient (Wildman–Crippen LogP) is 3.05. The minimum atomic E-state index is -0.666. The number of aromatic nitrogens is 2. The summed E-state index contributed by atoms with van der Waals surface area (Å²) in [6, 6.07) is 5.57. The second-order valence-electron chi connectivity index (χ2n) is 7.53. The van der Waals surface area contributed by atoms with E-state index in [0.717, 1.165) is 38.5 Å². The van der Waals surface area contributed by atoms with Gasteiger partial charge in [0.05, 0.1) is 0 Å². The second-order valence-corrected chi connectivity index (χ2v) is 7.53. The molecule has 1 aliphatic rings. The Morgan fingerprint density at radius 3 is 2.57 bits per heavy atom. The van der Waals surface area contributed by atoms with Crippen LogP contribution < -0.4 is 21.9 Å². The third-order valence-electron chi connectivity index (χ3n) is 5.41. The molecule has 30 heavy (non-hydrogen) atoms. The first-order chi connectivity index (χ1) is 14.4. The first kappa shape index (κ1) is 21.5. The fourth-order valence-corrected chi connectivity index (χ4v) is 3.81. The van der Waals surface area contributed by atoms with Crippen molar-refractivity contribution in [2.45, 2.75) is 58.0 Å².